The minimum Gasteiger partial charge on any atom is -0.480 e. The van der Waals surface area contributed by atoms with Gasteiger partial charge < -0.3 is 15.2 Å². The van der Waals surface area contributed by atoms with Gasteiger partial charge >= 0.3 is 11.9 Å². The van der Waals surface area contributed by atoms with E-state index >= 15 is 0 Å². The summed E-state index contributed by atoms with van der Waals surface area (Å²) in [5.74, 6) is -1.56. The van der Waals surface area contributed by atoms with Crippen molar-refractivity contribution >= 4 is 29.2 Å². The molecule has 0 bridgehead atoms. The van der Waals surface area contributed by atoms with Crippen LogP contribution in [-0.4, -0.2) is 40.0 Å². The lowest BCUT2D eigenvalue weighted by Gasteiger charge is -2.18. The molecule has 0 saturated heterocycles. The first-order valence-corrected chi connectivity index (χ1v) is 8.59. The van der Waals surface area contributed by atoms with Gasteiger partial charge in [0.05, 0.1) is 30.2 Å². The van der Waals surface area contributed by atoms with Gasteiger partial charge in [-0.05, 0) is 24.5 Å². The topological polar surface area (TPSA) is 111 Å². The zero-order chi connectivity index (χ0) is 20.1. The van der Waals surface area contributed by atoms with Gasteiger partial charge in [-0.15, -0.1) is 0 Å². The molecule has 0 fully saturated rings. The minimum atomic E-state index is -1.06. The summed E-state index contributed by atoms with van der Waals surface area (Å²) < 4.78 is 5.69. The van der Waals surface area contributed by atoms with Gasteiger partial charge in [0.15, 0.2) is 0 Å². The average molecular weight is 394 g/mol. The number of anilines is 1. The summed E-state index contributed by atoms with van der Waals surface area (Å²) in [6.45, 7) is 3.78. The molecule has 0 aliphatic carbocycles. The number of rotatable bonds is 7. The molecule has 0 radical (unpaired) electrons. The minimum absolute atomic E-state index is 0.113. The van der Waals surface area contributed by atoms with Crippen LogP contribution in [0, 0.1) is 5.92 Å². The molecule has 27 heavy (non-hydrogen) atoms. The van der Waals surface area contributed by atoms with Crippen molar-refractivity contribution < 1.29 is 19.4 Å². The summed E-state index contributed by atoms with van der Waals surface area (Å²) >= 11 is 6.15. The highest BCUT2D eigenvalue weighted by atomic mass is 35.5. The number of nitrogens with one attached hydrogen (secondary N) is 1. The van der Waals surface area contributed by atoms with Crippen molar-refractivity contribution in [3.05, 3.63) is 51.4 Å². The third-order valence-electron chi connectivity index (χ3n) is 3.79. The molecule has 0 aliphatic heterocycles. The van der Waals surface area contributed by atoms with Crippen molar-refractivity contribution in [3.8, 4) is 5.69 Å². The van der Waals surface area contributed by atoms with E-state index in [4.69, 9.17) is 16.3 Å². The molecule has 0 unspecified atom stereocenters. The van der Waals surface area contributed by atoms with Gasteiger partial charge in [-0.25, -0.2) is 9.59 Å². The van der Waals surface area contributed by atoms with Gasteiger partial charge in [0, 0.05) is 0 Å². The van der Waals surface area contributed by atoms with E-state index in [1.807, 2.05) is 13.8 Å². The van der Waals surface area contributed by atoms with E-state index in [9.17, 15) is 19.5 Å². The second-order valence-electron chi connectivity index (χ2n) is 6.26. The Morgan fingerprint density at radius 3 is 2.59 bits per heavy atom. The molecule has 0 spiro atoms. The van der Waals surface area contributed by atoms with Crippen LogP contribution >= 0.6 is 11.6 Å². The maximum absolute atomic E-state index is 12.7. The van der Waals surface area contributed by atoms with Crippen molar-refractivity contribution in [2.24, 2.45) is 5.92 Å². The first kappa shape index (κ1) is 20.4. The number of ether oxygens (including phenoxy) is 1. The number of esters is 1. The third kappa shape index (κ3) is 4.65. The van der Waals surface area contributed by atoms with Crippen LogP contribution < -0.4 is 10.9 Å². The Kier molecular flexibility index (Phi) is 6.57. The number of carboxylic acid groups (broad SMARTS) is 1. The lowest BCUT2D eigenvalue weighted by molar-refractivity contribution is -0.138. The van der Waals surface area contributed by atoms with Crippen LogP contribution in [0.15, 0.2) is 35.3 Å². The number of aliphatic carboxylic acids is 1. The van der Waals surface area contributed by atoms with Gasteiger partial charge in [-0.2, -0.15) is 9.78 Å². The van der Waals surface area contributed by atoms with E-state index in [0.717, 1.165) is 4.68 Å². The molecule has 9 heteroatoms. The number of carboxylic acids is 1. The number of methoxy groups -OCH3 is 1. The second kappa shape index (κ2) is 8.68. The fraction of sp³-hybridized carbons (Fsp3) is 0.333. The second-order valence-corrected chi connectivity index (χ2v) is 6.64. The summed E-state index contributed by atoms with van der Waals surface area (Å²) in [4.78, 5) is 36.0. The lowest BCUT2D eigenvalue weighted by atomic mass is 10.0. The predicted molar refractivity (Wildman–Crippen MR) is 101 cm³/mol. The highest BCUT2D eigenvalue weighted by Gasteiger charge is 2.22. The fourth-order valence-corrected chi connectivity index (χ4v) is 2.71. The first-order valence-electron chi connectivity index (χ1n) is 8.21. The van der Waals surface area contributed by atoms with Crippen LogP contribution in [0.1, 0.15) is 30.6 Å². The molecular weight excluding hydrogens is 374 g/mol. The van der Waals surface area contributed by atoms with Crippen LogP contribution in [-0.2, 0) is 9.53 Å². The Labute approximate surface area is 160 Å². The number of nitrogens with zero attached hydrogens (tertiary/aromatic N) is 2. The molecule has 0 saturated carbocycles. The van der Waals surface area contributed by atoms with Crippen LogP contribution in [0.4, 0.5) is 5.69 Å². The Morgan fingerprint density at radius 1 is 1.33 bits per heavy atom. The summed E-state index contributed by atoms with van der Waals surface area (Å²) in [6, 6.07) is 5.38. The van der Waals surface area contributed by atoms with E-state index < -0.39 is 23.5 Å². The van der Waals surface area contributed by atoms with Crippen molar-refractivity contribution in [1.82, 2.24) is 9.78 Å². The van der Waals surface area contributed by atoms with Crippen molar-refractivity contribution in [3.63, 3.8) is 0 Å². The number of halogens is 1. The molecule has 1 atom stereocenters. The first-order chi connectivity index (χ1) is 12.8. The van der Waals surface area contributed by atoms with Crippen molar-refractivity contribution in [2.45, 2.75) is 26.3 Å². The average Bonchev–Trinajstić information content (AvgIpc) is 2.64. The number of carbonyl (C=O) groups is 2. The molecule has 2 aromatic rings. The van der Waals surface area contributed by atoms with Crippen LogP contribution in [0.5, 0.6) is 0 Å². The molecule has 8 nitrogen and oxygen atoms in total. The monoisotopic (exact) mass is 393 g/mol. The normalized spacial score (nSPS) is 11.9. The van der Waals surface area contributed by atoms with Gasteiger partial charge in [-0.1, -0.05) is 37.6 Å². The van der Waals surface area contributed by atoms with E-state index in [0.29, 0.717) is 6.42 Å². The number of benzene rings is 1. The molecule has 2 rings (SSSR count). The lowest BCUT2D eigenvalue weighted by Crippen LogP contribution is -2.32. The Balaban J connectivity index is 2.46. The quantitative estimate of drug-likeness (QED) is 0.695. The summed E-state index contributed by atoms with van der Waals surface area (Å²) in [5.41, 5.74) is -0.220. The standard InChI is InChI=1S/C18H20ClN3O5/c1-10(2)8-12(17(24)25)21-13-9-20-22(16(23)15(13)19)14-7-5-4-6-11(14)18(26)27-3/h4-7,9-10,12,21H,8H2,1-3H3,(H,24,25)/t12-/m0/s1. The molecule has 1 aromatic heterocycles. The maximum Gasteiger partial charge on any atom is 0.340 e. The third-order valence-corrected chi connectivity index (χ3v) is 4.16. The van der Waals surface area contributed by atoms with Crippen LogP contribution in [0.3, 0.4) is 0 Å². The van der Waals surface area contributed by atoms with Crippen molar-refractivity contribution in [2.75, 3.05) is 12.4 Å². The van der Waals surface area contributed by atoms with Crippen LogP contribution in [0.2, 0.25) is 5.02 Å². The molecule has 1 aromatic carbocycles. The van der Waals surface area contributed by atoms with Crippen molar-refractivity contribution in [1.29, 1.82) is 0 Å². The van der Waals surface area contributed by atoms with Gasteiger partial charge in [0.2, 0.25) is 0 Å². The van der Waals surface area contributed by atoms with Gasteiger partial charge in [0.1, 0.15) is 11.1 Å². The number of aromatic nitrogens is 2. The molecular formula is C18H20ClN3O5. The molecule has 144 valence electrons. The highest BCUT2D eigenvalue weighted by molar-refractivity contribution is 6.33. The largest absolute Gasteiger partial charge is 0.480 e. The summed E-state index contributed by atoms with van der Waals surface area (Å²) in [6.07, 6.45) is 1.61. The Hall–Kier alpha value is -2.87. The molecule has 0 amide bonds. The van der Waals surface area contributed by atoms with E-state index in [1.165, 1.54) is 25.4 Å². The SMILES string of the molecule is COC(=O)c1ccccc1-n1ncc(N[C@@H](CC(C)C)C(=O)O)c(Cl)c1=O. The Bertz CT molecular complexity index is 910. The molecule has 0 aliphatic rings. The zero-order valence-corrected chi connectivity index (χ0v) is 15.9. The summed E-state index contributed by atoms with van der Waals surface area (Å²) in [5, 5.41) is 15.9. The molecule has 1 heterocycles. The van der Waals surface area contributed by atoms with Gasteiger partial charge in [0.25, 0.3) is 5.56 Å². The number of hydrogen-bond acceptors (Lipinski definition) is 6. The number of para-hydroxylation sites is 1. The fourth-order valence-electron chi connectivity index (χ4n) is 2.53. The number of carbonyl (C=O) groups excluding carboxylic acids is 1. The van der Waals surface area contributed by atoms with E-state index in [2.05, 4.69) is 10.4 Å². The Morgan fingerprint density at radius 2 is 2.00 bits per heavy atom. The zero-order valence-electron chi connectivity index (χ0n) is 15.1. The predicted octanol–water partition coefficient (Wildman–Crippen LogP) is 2.58. The molecule has 2 N–H and O–H groups in total. The highest BCUT2D eigenvalue weighted by Crippen LogP contribution is 2.21. The van der Waals surface area contributed by atoms with Gasteiger partial charge in [-0.3, -0.25) is 4.79 Å². The maximum atomic E-state index is 12.7. The van der Waals surface area contributed by atoms with Crippen LogP contribution in [0.25, 0.3) is 5.69 Å². The van der Waals surface area contributed by atoms with E-state index in [1.54, 1.807) is 12.1 Å². The summed E-state index contributed by atoms with van der Waals surface area (Å²) in [7, 11) is 1.23. The smallest absolute Gasteiger partial charge is 0.340 e. The number of hydrogen-bond donors (Lipinski definition) is 2. The van der Waals surface area contributed by atoms with E-state index in [-0.39, 0.29) is 27.9 Å².